The van der Waals surface area contributed by atoms with Gasteiger partial charge in [0.05, 0.1) is 0 Å². The number of aromatic nitrogens is 1. The molecule has 0 N–H and O–H groups in total. The Morgan fingerprint density at radius 3 is 2.32 bits per heavy atom. The van der Waals surface area contributed by atoms with Crippen LogP contribution in [-0.4, -0.2) is 4.98 Å². The van der Waals surface area contributed by atoms with Crippen LogP contribution >= 0.6 is 11.3 Å². The molecule has 0 saturated heterocycles. The van der Waals surface area contributed by atoms with Gasteiger partial charge in [-0.15, -0.1) is 11.3 Å². The largest absolute Gasteiger partial charge is 0.261 e. The lowest BCUT2D eigenvalue weighted by Crippen LogP contribution is -1.89. The number of hydrogen-bond acceptors (Lipinski definition) is 2. The maximum Gasteiger partial charge on any atom is 0.0404 e. The van der Waals surface area contributed by atoms with Gasteiger partial charge in [-0.25, -0.2) is 0 Å². The average molecular weight is 316 g/mol. The van der Waals surface area contributed by atoms with Crippen LogP contribution < -0.4 is 0 Å². The number of nitrogens with zero attached hydrogens (tertiary/aromatic N) is 1. The van der Waals surface area contributed by atoms with Crippen LogP contribution in [0.15, 0.2) is 30.5 Å². The lowest BCUT2D eigenvalue weighted by Gasteiger charge is -2.02. The minimum absolute atomic E-state index is 1.11. The first kappa shape index (κ1) is 17.2. The number of hydrogen-bond donors (Lipinski definition) is 0. The summed E-state index contributed by atoms with van der Waals surface area (Å²) in [5, 5.41) is 0. The van der Waals surface area contributed by atoms with Crippen LogP contribution in [0.25, 0.3) is 10.4 Å². The summed E-state index contributed by atoms with van der Waals surface area (Å²) in [6.07, 6.45) is 13.6. The third kappa shape index (κ3) is 5.57. The molecule has 0 fully saturated rings. The monoisotopic (exact) mass is 315 g/mol. The highest BCUT2D eigenvalue weighted by Crippen LogP contribution is 2.28. The van der Waals surface area contributed by atoms with E-state index >= 15 is 0 Å². The summed E-state index contributed by atoms with van der Waals surface area (Å²) in [6.45, 7) is 4.51. The van der Waals surface area contributed by atoms with Crippen LogP contribution in [-0.2, 0) is 12.8 Å². The quantitative estimate of drug-likeness (QED) is 0.446. The van der Waals surface area contributed by atoms with E-state index in [2.05, 4.69) is 43.1 Å². The zero-order valence-electron chi connectivity index (χ0n) is 14.1. The Bertz CT molecular complexity index is 527. The molecule has 0 amide bonds. The smallest absolute Gasteiger partial charge is 0.0404 e. The molecule has 0 atom stereocenters. The van der Waals surface area contributed by atoms with Crippen LogP contribution in [0.2, 0.25) is 0 Å². The van der Waals surface area contributed by atoms with Crippen molar-refractivity contribution in [1.82, 2.24) is 4.98 Å². The summed E-state index contributed by atoms with van der Waals surface area (Å²) >= 11 is 1.93. The van der Waals surface area contributed by atoms with Gasteiger partial charge in [0.15, 0.2) is 0 Å². The zero-order chi connectivity index (χ0) is 15.6. The molecule has 22 heavy (non-hydrogen) atoms. The molecule has 0 bridgehead atoms. The van der Waals surface area contributed by atoms with E-state index in [-0.39, 0.29) is 0 Å². The third-order valence-corrected chi connectivity index (χ3v) is 5.28. The average Bonchev–Trinajstić information content (AvgIpc) is 3.01. The van der Waals surface area contributed by atoms with E-state index < -0.39 is 0 Å². The van der Waals surface area contributed by atoms with Gasteiger partial charge >= 0.3 is 0 Å². The maximum atomic E-state index is 4.63. The Labute approximate surface area is 139 Å². The van der Waals surface area contributed by atoms with Crippen LogP contribution in [0.1, 0.15) is 69.4 Å². The number of aryl methyl sites for hydroxylation is 2. The predicted molar refractivity (Wildman–Crippen MR) is 98.6 cm³/mol. The topological polar surface area (TPSA) is 12.9 Å². The Morgan fingerprint density at radius 2 is 1.59 bits per heavy atom. The molecule has 0 radical (unpaired) electrons. The predicted octanol–water partition coefficient (Wildman–Crippen LogP) is 6.67. The van der Waals surface area contributed by atoms with Crippen molar-refractivity contribution in [3.63, 3.8) is 0 Å². The minimum Gasteiger partial charge on any atom is -0.261 e. The van der Waals surface area contributed by atoms with Gasteiger partial charge in [-0.1, -0.05) is 52.0 Å². The van der Waals surface area contributed by atoms with E-state index in [9.17, 15) is 0 Å². The lowest BCUT2D eigenvalue weighted by molar-refractivity contribution is 0.670. The second kappa shape index (κ2) is 9.78. The van der Waals surface area contributed by atoms with E-state index in [0.717, 1.165) is 6.42 Å². The first-order valence-corrected chi connectivity index (χ1v) is 9.69. The molecule has 0 aromatic carbocycles. The second-order valence-electron chi connectivity index (χ2n) is 6.07. The van der Waals surface area contributed by atoms with Crippen molar-refractivity contribution in [1.29, 1.82) is 0 Å². The van der Waals surface area contributed by atoms with Crippen molar-refractivity contribution in [3.8, 4) is 10.4 Å². The molecule has 0 unspecified atom stereocenters. The SMILES string of the molecule is CCCCCCc1ccc(-c2ccc(CCCCC)nc2)s1. The highest BCUT2D eigenvalue weighted by atomic mass is 32.1. The Balaban J connectivity index is 1.87. The van der Waals surface area contributed by atoms with E-state index in [1.165, 1.54) is 72.4 Å². The van der Waals surface area contributed by atoms with Gasteiger partial charge in [0.25, 0.3) is 0 Å². The number of rotatable bonds is 10. The summed E-state index contributed by atoms with van der Waals surface area (Å²) in [6, 6.07) is 8.99. The van der Waals surface area contributed by atoms with Gasteiger partial charge in [-0.05, 0) is 43.9 Å². The van der Waals surface area contributed by atoms with Gasteiger partial charge in [0, 0.05) is 27.2 Å². The second-order valence-corrected chi connectivity index (χ2v) is 7.24. The number of pyridine rings is 1. The first-order chi connectivity index (χ1) is 10.8. The first-order valence-electron chi connectivity index (χ1n) is 8.87. The lowest BCUT2D eigenvalue weighted by atomic mass is 10.1. The molecule has 2 aromatic heterocycles. The highest BCUT2D eigenvalue weighted by molar-refractivity contribution is 7.15. The maximum absolute atomic E-state index is 4.63. The molecular weight excluding hydrogens is 286 g/mol. The van der Waals surface area contributed by atoms with E-state index in [4.69, 9.17) is 0 Å². The molecule has 2 rings (SSSR count). The van der Waals surface area contributed by atoms with Crippen molar-refractivity contribution >= 4 is 11.3 Å². The Morgan fingerprint density at radius 1 is 0.818 bits per heavy atom. The molecule has 0 aliphatic rings. The van der Waals surface area contributed by atoms with Crippen molar-refractivity contribution in [2.24, 2.45) is 0 Å². The van der Waals surface area contributed by atoms with Crippen molar-refractivity contribution in [3.05, 3.63) is 41.0 Å². The Kier molecular flexibility index (Phi) is 7.65. The molecule has 120 valence electrons. The molecule has 2 aromatic rings. The summed E-state index contributed by atoms with van der Waals surface area (Å²) < 4.78 is 0. The van der Waals surface area contributed by atoms with Crippen LogP contribution in [0.5, 0.6) is 0 Å². The summed E-state index contributed by atoms with van der Waals surface area (Å²) in [5.74, 6) is 0. The molecule has 0 spiro atoms. The highest BCUT2D eigenvalue weighted by Gasteiger charge is 2.04. The fourth-order valence-electron chi connectivity index (χ4n) is 2.67. The van der Waals surface area contributed by atoms with Gasteiger partial charge in [-0.2, -0.15) is 0 Å². The molecule has 0 aliphatic heterocycles. The molecule has 0 saturated carbocycles. The van der Waals surface area contributed by atoms with Crippen LogP contribution in [0.4, 0.5) is 0 Å². The van der Waals surface area contributed by atoms with Crippen LogP contribution in [0, 0.1) is 0 Å². The van der Waals surface area contributed by atoms with E-state index in [0.29, 0.717) is 0 Å². The van der Waals surface area contributed by atoms with Gasteiger partial charge in [0.1, 0.15) is 0 Å². The zero-order valence-corrected chi connectivity index (χ0v) is 14.9. The van der Waals surface area contributed by atoms with Gasteiger partial charge < -0.3 is 0 Å². The molecule has 2 heterocycles. The fourth-order valence-corrected chi connectivity index (χ4v) is 3.71. The van der Waals surface area contributed by atoms with E-state index in [1.807, 2.05) is 17.5 Å². The fraction of sp³-hybridized carbons (Fsp3) is 0.550. The number of thiophene rings is 1. The van der Waals surface area contributed by atoms with Gasteiger partial charge in [-0.3, -0.25) is 4.98 Å². The summed E-state index contributed by atoms with van der Waals surface area (Å²) in [7, 11) is 0. The van der Waals surface area contributed by atoms with E-state index in [1.54, 1.807) is 0 Å². The van der Waals surface area contributed by atoms with Crippen molar-refractivity contribution in [2.45, 2.75) is 71.6 Å². The summed E-state index contributed by atoms with van der Waals surface area (Å²) in [4.78, 5) is 7.50. The molecule has 1 nitrogen and oxygen atoms in total. The van der Waals surface area contributed by atoms with Crippen LogP contribution in [0.3, 0.4) is 0 Å². The molecular formula is C20H29NS. The van der Waals surface area contributed by atoms with Crippen molar-refractivity contribution < 1.29 is 0 Å². The molecule has 2 heteroatoms. The van der Waals surface area contributed by atoms with Crippen molar-refractivity contribution in [2.75, 3.05) is 0 Å². The Hall–Kier alpha value is -1.15. The molecule has 0 aliphatic carbocycles. The normalized spacial score (nSPS) is 11.0. The minimum atomic E-state index is 1.11. The number of unbranched alkanes of at least 4 members (excludes halogenated alkanes) is 5. The third-order valence-electron chi connectivity index (χ3n) is 4.08. The standard InChI is InChI=1S/C20H29NS/c1-3-5-7-9-11-19-14-15-20(22-19)17-12-13-18(21-16-17)10-8-6-4-2/h12-16H,3-11H2,1-2H3. The summed E-state index contributed by atoms with van der Waals surface area (Å²) in [5.41, 5.74) is 2.50. The van der Waals surface area contributed by atoms with Gasteiger partial charge in [0.2, 0.25) is 0 Å².